The predicted molar refractivity (Wildman–Crippen MR) is 133 cm³/mol. The van der Waals surface area contributed by atoms with Crippen LogP contribution in [0, 0.1) is 12.3 Å². The van der Waals surface area contributed by atoms with Crippen molar-refractivity contribution in [1.82, 2.24) is 9.13 Å². The topological polar surface area (TPSA) is 103 Å². The van der Waals surface area contributed by atoms with E-state index in [9.17, 15) is 9.59 Å². The van der Waals surface area contributed by atoms with Crippen molar-refractivity contribution in [3.8, 4) is 22.6 Å². The molecule has 1 heterocycles. The summed E-state index contributed by atoms with van der Waals surface area (Å²) in [4.78, 5) is 25.2. The van der Waals surface area contributed by atoms with Crippen molar-refractivity contribution in [1.29, 1.82) is 5.41 Å². The first-order chi connectivity index (χ1) is 16.4. The van der Waals surface area contributed by atoms with Crippen LogP contribution in [-0.2, 0) is 16.0 Å². The summed E-state index contributed by atoms with van der Waals surface area (Å²) in [5.74, 6) is -0.259. The van der Waals surface area contributed by atoms with E-state index in [2.05, 4.69) is 0 Å². The number of imidazole rings is 1. The number of hydrogen-bond donors (Lipinski definition) is 2. The van der Waals surface area contributed by atoms with Gasteiger partial charge in [0.25, 0.3) is 0 Å². The number of aromatic nitrogens is 2. The summed E-state index contributed by atoms with van der Waals surface area (Å²) in [5.41, 5.74) is 10.9. The molecule has 0 unspecified atom stereocenters. The molecule has 34 heavy (non-hydrogen) atoms. The highest BCUT2D eigenvalue weighted by atomic mass is 16.5. The maximum atomic E-state index is 13.7. The molecule has 7 nitrogen and oxygen atoms in total. The van der Waals surface area contributed by atoms with Crippen LogP contribution in [0.5, 0.6) is 0 Å². The Morgan fingerprint density at radius 3 is 2.12 bits per heavy atom. The molecule has 4 rings (SSSR count). The van der Waals surface area contributed by atoms with Crippen molar-refractivity contribution in [3.05, 3.63) is 106 Å². The molecule has 0 saturated carbocycles. The molecule has 4 aromatic rings. The molecule has 3 aromatic carbocycles. The number of nitrogens with one attached hydrogen (secondary N) is 1. The summed E-state index contributed by atoms with van der Waals surface area (Å²) in [6, 6.07) is 24.4. The van der Waals surface area contributed by atoms with Crippen molar-refractivity contribution in [2.45, 2.75) is 19.8 Å². The third-order valence-electron chi connectivity index (χ3n) is 5.81. The second-order valence-corrected chi connectivity index (χ2v) is 7.96. The fourth-order valence-electron chi connectivity index (χ4n) is 4.03. The number of ether oxygens (including phenoxy) is 1. The van der Waals surface area contributed by atoms with E-state index < -0.39 is 0 Å². The monoisotopic (exact) mass is 454 g/mol. The molecule has 1 aromatic heterocycles. The number of carbonyl (C=O) groups is 1. The molecule has 0 atom stereocenters. The van der Waals surface area contributed by atoms with E-state index in [1.54, 1.807) is 21.3 Å². The number of methoxy groups -OCH3 is 1. The summed E-state index contributed by atoms with van der Waals surface area (Å²) in [5, 5.41) is 7.65. The highest BCUT2D eigenvalue weighted by Crippen LogP contribution is 2.28. The molecule has 0 fully saturated rings. The number of amidine groups is 1. The standard InChI is InChI=1S/C27H26N4O3/c1-18-25(20-11-13-21(14-12-20)26(28)29)31(22-6-4-3-5-7-22)27(33)30(18)23-15-8-19(9-16-23)10-17-24(32)34-2/h3-9,11-16H,10,17H2,1-2H3,(H3,28,29). The average Bonchev–Trinajstić information content (AvgIpc) is 3.13. The Bertz CT molecular complexity index is 1380. The van der Waals surface area contributed by atoms with Crippen molar-refractivity contribution in [2.24, 2.45) is 5.73 Å². The molecule has 0 saturated heterocycles. The van der Waals surface area contributed by atoms with Gasteiger partial charge in [-0.2, -0.15) is 0 Å². The average molecular weight is 455 g/mol. The SMILES string of the molecule is COC(=O)CCc1ccc(-n2c(C)c(-c3ccc(C(=N)N)cc3)n(-c3ccccc3)c2=O)cc1. The number of carbonyl (C=O) groups excluding carboxylic acids is 1. The molecule has 0 aliphatic carbocycles. The Balaban J connectivity index is 1.83. The Morgan fingerprint density at radius 1 is 0.912 bits per heavy atom. The fraction of sp³-hybridized carbons (Fsp3) is 0.148. The third kappa shape index (κ3) is 4.41. The second-order valence-electron chi connectivity index (χ2n) is 7.96. The van der Waals surface area contributed by atoms with Gasteiger partial charge in [0.15, 0.2) is 0 Å². The normalized spacial score (nSPS) is 10.8. The minimum Gasteiger partial charge on any atom is -0.469 e. The van der Waals surface area contributed by atoms with Gasteiger partial charge in [0.2, 0.25) is 0 Å². The molecule has 3 N–H and O–H groups in total. The van der Waals surface area contributed by atoms with Gasteiger partial charge >= 0.3 is 11.7 Å². The van der Waals surface area contributed by atoms with Gasteiger partial charge in [0.1, 0.15) is 5.84 Å². The van der Waals surface area contributed by atoms with Crippen LogP contribution >= 0.6 is 0 Å². The Hall–Kier alpha value is -4.39. The lowest BCUT2D eigenvalue weighted by atomic mass is 10.1. The largest absolute Gasteiger partial charge is 0.469 e. The molecule has 0 aliphatic heterocycles. The van der Waals surface area contributed by atoms with Crippen molar-refractivity contribution in [3.63, 3.8) is 0 Å². The summed E-state index contributed by atoms with van der Waals surface area (Å²) >= 11 is 0. The highest BCUT2D eigenvalue weighted by Gasteiger charge is 2.21. The van der Waals surface area contributed by atoms with Gasteiger partial charge in [0.05, 0.1) is 24.2 Å². The van der Waals surface area contributed by atoms with Crippen LogP contribution < -0.4 is 11.4 Å². The third-order valence-corrected chi connectivity index (χ3v) is 5.81. The number of nitrogen functional groups attached to an aromatic ring is 1. The number of nitrogens with zero attached hydrogens (tertiary/aromatic N) is 2. The van der Waals surface area contributed by atoms with Crippen molar-refractivity contribution >= 4 is 11.8 Å². The minimum absolute atomic E-state index is 0.00594. The molecule has 0 bridgehead atoms. The van der Waals surface area contributed by atoms with Gasteiger partial charge in [-0.1, -0.05) is 54.6 Å². The fourth-order valence-corrected chi connectivity index (χ4v) is 4.03. The number of benzene rings is 3. The first-order valence-electron chi connectivity index (χ1n) is 10.9. The maximum Gasteiger partial charge on any atom is 0.338 e. The van der Waals surface area contributed by atoms with Crippen molar-refractivity contribution < 1.29 is 9.53 Å². The lowest BCUT2D eigenvalue weighted by molar-refractivity contribution is -0.140. The molecule has 0 aliphatic rings. The smallest absolute Gasteiger partial charge is 0.338 e. The molecular formula is C27H26N4O3. The Labute approximate surface area is 197 Å². The van der Waals surface area contributed by atoms with Gasteiger partial charge in [-0.15, -0.1) is 0 Å². The maximum absolute atomic E-state index is 13.7. The highest BCUT2D eigenvalue weighted by molar-refractivity contribution is 5.95. The number of aryl methyl sites for hydroxylation is 1. The molecule has 0 amide bonds. The van der Waals surface area contributed by atoms with E-state index in [1.165, 1.54) is 7.11 Å². The first kappa shape index (κ1) is 22.8. The molecule has 172 valence electrons. The van der Waals surface area contributed by atoms with E-state index in [0.29, 0.717) is 18.4 Å². The van der Waals surface area contributed by atoms with E-state index in [-0.39, 0.29) is 17.5 Å². The number of esters is 1. The van der Waals surface area contributed by atoms with Crippen LogP contribution in [0.25, 0.3) is 22.6 Å². The van der Waals surface area contributed by atoms with Crippen LogP contribution in [0.2, 0.25) is 0 Å². The van der Waals surface area contributed by atoms with Crippen LogP contribution in [0.3, 0.4) is 0 Å². The van der Waals surface area contributed by atoms with Crippen LogP contribution in [-0.4, -0.2) is 28.0 Å². The summed E-state index contributed by atoms with van der Waals surface area (Å²) in [6.07, 6.45) is 0.874. The van der Waals surface area contributed by atoms with Crippen LogP contribution in [0.1, 0.15) is 23.2 Å². The van der Waals surface area contributed by atoms with Crippen molar-refractivity contribution in [2.75, 3.05) is 7.11 Å². The molecule has 0 spiro atoms. The number of nitrogens with two attached hydrogens (primary N) is 1. The Morgan fingerprint density at radius 2 is 1.53 bits per heavy atom. The van der Waals surface area contributed by atoms with Crippen LogP contribution in [0.15, 0.2) is 83.7 Å². The zero-order chi connectivity index (χ0) is 24.2. The quantitative estimate of drug-likeness (QED) is 0.250. The number of rotatable bonds is 7. The number of hydrogen-bond acceptors (Lipinski definition) is 4. The van der Waals surface area contributed by atoms with Gasteiger partial charge in [-0.25, -0.2) is 4.79 Å². The van der Waals surface area contributed by atoms with Gasteiger partial charge in [-0.3, -0.25) is 19.3 Å². The minimum atomic E-state index is -0.253. The molecule has 0 radical (unpaired) electrons. The number of para-hydroxylation sites is 1. The van der Waals surface area contributed by atoms with E-state index in [0.717, 1.165) is 33.9 Å². The van der Waals surface area contributed by atoms with Gasteiger partial charge in [-0.05, 0) is 43.2 Å². The van der Waals surface area contributed by atoms with E-state index in [4.69, 9.17) is 15.9 Å². The Kier molecular flexibility index (Phi) is 6.45. The van der Waals surface area contributed by atoms with Gasteiger partial charge in [0, 0.05) is 23.2 Å². The lowest BCUT2D eigenvalue weighted by Gasteiger charge is -2.09. The van der Waals surface area contributed by atoms with E-state index >= 15 is 0 Å². The zero-order valence-electron chi connectivity index (χ0n) is 19.1. The molecular weight excluding hydrogens is 428 g/mol. The lowest BCUT2D eigenvalue weighted by Crippen LogP contribution is -2.22. The summed E-state index contributed by atoms with van der Waals surface area (Å²) in [6.45, 7) is 1.92. The zero-order valence-corrected chi connectivity index (χ0v) is 19.1. The molecule has 7 heteroatoms. The second kappa shape index (κ2) is 9.62. The first-order valence-corrected chi connectivity index (χ1v) is 10.9. The summed E-state index contributed by atoms with van der Waals surface area (Å²) in [7, 11) is 1.38. The van der Waals surface area contributed by atoms with E-state index in [1.807, 2.05) is 73.7 Å². The van der Waals surface area contributed by atoms with Gasteiger partial charge < -0.3 is 10.5 Å². The summed E-state index contributed by atoms with van der Waals surface area (Å²) < 4.78 is 8.09. The van der Waals surface area contributed by atoms with Crippen LogP contribution in [0.4, 0.5) is 0 Å². The predicted octanol–water partition coefficient (Wildman–Crippen LogP) is 3.99.